The number of nitrogens with two attached hydrogens (primary N) is 2. The summed E-state index contributed by atoms with van der Waals surface area (Å²) in [4.78, 5) is 39.1. The molecular formula is C32H32ClN8O4+. The summed E-state index contributed by atoms with van der Waals surface area (Å²) in [5.74, 6) is 0.496. The van der Waals surface area contributed by atoms with E-state index in [1.165, 1.54) is 0 Å². The Morgan fingerprint density at radius 2 is 1.67 bits per heavy atom. The number of hydrogen-bond donors (Lipinski definition) is 4. The fraction of sp³-hybridized carbons (Fsp3) is 0.219. The molecule has 6 rings (SSSR count). The summed E-state index contributed by atoms with van der Waals surface area (Å²) in [6.07, 6.45) is -0.694. The maximum Gasteiger partial charge on any atom is 0.440 e. The van der Waals surface area contributed by atoms with Gasteiger partial charge in [0.2, 0.25) is 0 Å². The molecule has 3 aromatic carbocycles. The summed E-state index contributed by atoms with van der Waals surface area (Å²) in [5, 5.41) is 2.75. The standard InChI is InChI=1S/C32H31ClN8O4/c1-3-40-24-14-13-18(15-25(24)41(4-2)26(40)16-36-31(42)27-29(34)38-30(35)28(33)37-27)45-39-32(43)44-17-23-21-11-7-5-9-19(21)20-10-6-8-12-22(20)23/h5-15,23H,3-4,16-17H2,1-2H3,(H5-,34,35,36,38,39,42,43)/p+1. The van der Waals surface area contributed by atoms with E-state index in [-0.39, 0.29) is 41.6 Å². The average Bonchev–Trinajstić information content (AvgIpc) is 3.54. The topological polar surface area (TPSA) is 163 Å². The Morgan fingerprint density at radius 3 is 2.33 bits per heavy atom. The lowest BCUT2D eigenvalue weighted by atomic mass is 9.98. The van der Waals surface area contributed by atoms with E-state index in [1.54, 1.807) is 6.07 Å². The minimum atomic E-state index is -0.694. The van der Waals surface area contributed by atoms with Crippen LogP contribution in [0.3, 0.4) is 0 Å². The number of halogens is 1. The Kier molecular flexibility index (Phi) is 8.14. The maximum absolute atomic E-state index is 12.9. The quantitative estimate of drug-likeness (QED) is 0.138. The molecule has 1 aliphatic carbocycles. The highest BCUT2D eigenvalue weighted by Gasteiger charge is 2.29. The number of amides is 2. The molecule has 0 aliphatic heterocycles. The van der Waals surface area contributed by atoms with Crippen molar-refractivity contribution < 1.29 is 23.7 Å². The van der Waals surface area contributed by atoms with Crippen LogP contribution in [0.15, 0.2) is 66.7 Å². The van der Waals surface area contributed by atoms with Gasteiger partial charge in [-0.3, -0.25) is 4.79 Å². The summed E-state index contributed by atoms with van der Waals surface area (Å²) in [6.45, 7) is 5.60. The zero-order chi connectivity index (χ0) is 31.7. The Hall–Kier alpha value is -5.36. The third-order valence-electron chi connectivity index (χ3n) is 7.91. The van der Waals surface area contributed by atoms with Crippen molar-refractivity contribution in [1.29, 1.82) is 0 Å². The lowest BCUT2D eigenvalue weighted by molar-refractivity contribution is -0.676. The normalized spacial score (nSPS) is 12.1. The molecule has 0 atom stereocenters. The third kappa shape index (κ3) is 5.55. The molecule has 0 bridgehead atoms. The van der Waals surface area contributed by atoms with E-state index in [1.807, 2.05) is 54.8 Å². The Balaban J connectivity index is 1.14. The highest BCUT2D eigenvalue weighted by molar-refractivity contribution is 6.31. The van der Waals surface area contributed by atoms with Gasteiger partial charge in [0, 0.05) is 12.0 Å². The van der Waals surface area contributed by atoms with Crippen molar-refractivity contribution >= 4 is 46.3 Å². The summed E-state index contributed by atoms with van der Waals surface area (Å²) in [5.41, 5.74) is 20.1. The predicted octanol–water partition coefficient (Wildman–Crippen LogP) is 4.34. The van der Waals surface area contributed by atoms with Crippen LogP contribution < -0.4 is 31.7 Å². The first kappa shape index (κ1) is 29.7. The number of nitrogens with one attached hydrogen (secondary N) is 2. The molecule has 45 heavy (non-hydrogen) atoms. The van der Waals surface area contributed by atoms with Crippen molar-refractivity contribution in [3.05, 3.63) is 94.5 Å². The molecule has 0 radical (unpaired) electrons. The monoisotopic (exact) mass is 627 g/mol. The number of aryl methyl sites for hydroxylation is 2. The molecule has 2 aromatic heterocycles. The lowest BCUT2D eigenvalue weighted by Crippen LogP contribution is -2.40. The minimum absolute atomic E-state index is 0.0493. The Labute approximate surface area is 263 Å². The molecule has 0 fully saturated rings. The number of aromatic nitrogens is 4. The number of carbonyl (C=O) groups is 2. The van der Waals surface area contributed by atoms with Crippen LogP contribution in [0.5, 0.6) is 5.75 Å². The number of imidazole rings is 1. The molecule has 0 spiro atoms. The van der Waals surface area contributed by atoms with Crippen LogP contribution >= 0.6 is 11.6 Å². The van der Waals surface area contributed by atoms with Crippen LogP contribution in [-0.2, 0) is 24.4 Å². The smallest absolute Gasteiger partial charge is 0.440 e. The van der Waals surface area contributed by atoms with Crippen LogP contribution in [0.1, 0.15) is 47.2 Å². The van der Waals surface area contributed by atoms with Crippen LogP contribution in [0.25, 0.3) is 22.2 Å². The summed E-state index contributed by atoms with van der Waals surface area (Å²) in [6, 6.07) is 21.8. The van der Waals surface area contributed by atoms with Gasteiger partial charge < -0.3 is 26.4 Å². The number of benzene rings is 3. The van der Waals surface area contributed by atoms with E-state index in [0.717, 1.165) is 39.1 Å². The van der Waals surface area contributed by atoms with Crippen LogP contribution in [0.2, 0.25) is 5.15 Å². The predicted molar refractivity (Wildman–Crippen MR) is 169 cm³/mol. The molecule has 6 N–H and O–H groups in total. The van der Waals surface area contributed by atoms with Gasteiger partial charge in [-0.2, -0.15) is 5.48 Å². The number of nitrogens with zero attached hydrogens (tertiary/aromatic N) is 4. The van der Waals surface area contributed by atoms with Crippen molar-refractivity contribution in [2.45, 2.75) is 39.4 Å². The molecule has 2 heterocycles. The van der Waals surface area contributed by atoms with Gasteiger partial charge >= 0.3 is 6.09 Å². The van der Waals surface area contributed by atoms with E-state index in [9.17, 15) is 9.59 Å². The first-order valence-electron chi connectivity index (χ1n) is 14.5. The number of ether oxygens (including phenoxy) is 1. The van der Waals surface area contributed by atoms with Crippen molar-refractivity contribution in [1.82, 2.24) is 25.3 Å². The SMILES string of the molecule is CCn1c(CNC(=O)c2nc(Cl)c(N)nc2N)[n+](CC)c2ccc(ONC(=O)OCC3c4ccccc4-c4ccccc43)cc21. The average molecular weight is 628 g/mol. The Morgan fingerprint density at radius 1 is 0.978 bits per heavy atom. The number of hydrogen-bond acceptors (Lipinski definition) is 8. The van der Waals surface area contributed by atoms with Crippen molar-refractivity contribution in [3.8, 4) is 16.9 Å². The van der Waals surface area contributed by atoms with Gasteiger partial charge in [0.25, 0.3) is 11.7 Å². The van der Waals surface area contributed by atoms with E-state index < -0.39 is 12.0 Å². The molecule has 230 valence electrons. The Bertz CT molecular complexity index is 1900. The fourth-order valence-corrected chi connectivity index (χ4v) is 6.04. The zero-order valence-corrected chi connectivity index (χ0v) is 25.5. The van der Waals surface area contributed by atoms with Crippen LogP contribution in [-0.4, -0.2) is 33.1 Å². The molecule has 0 unspecified atom stereocenters. The van der Waals surface area contributed by atoms with Gasteiger partial charge in [-0.15, -0.1) is 0 Å². The minimum Gasteiger partial charge on any atom is -0.446 e. The van der Waals surface area contributed by atoms with Crippen molar-refractivity contribution in [2.24, 2.45) is 0 Å². The third-order valence-corrected chi connectivity index (χ3v) is 8.19. The van der Waals surface area contributed by atoms with Crippen LogP contribution in [0, 0.1) is 0 Å². The van der Waals surface area contributed by atoms with Gasteiger partial charge in [-0.1, -0.05) is 60.1 Å². The van der Waals surface area contributed by atoms with E-state index >= 15 is 0 Å². The van der Waals surface area contributed by atoms with E-state index in [2.05, 4.69) is 49.6 Å². The number of carbonyl (C=O) groups excluding carboxylic acids is 2. The second-order valence-electron chi connectivity index (χ2n) is 10.4. The van der Waals surface area contributed by atoms with Gasteiger partial charge in [0.1, 0.15) is 13.2 Å². The summed E-state index contributed by atoms with van der Waals surface area (Å²) in [7, 11) is 0. The molecule has 5 aromatic rings. The van der Waals surface area contributed by atoms with E-state index in [0.29, 0.717) is 18.8 Å². The number of anilines is 2. The van der Waals surface area contributed by atoms with Crippen molar-refractivity contribution in [2.75, 3.05) is 18.1 Å². The largest absolute Gasteiger partial charge is 0.446 e. The highest BCUT2D eigenvalue weighted by Crippen LogP contribution is 2.44. The van der Waals surface area contributed by atoms with Gasteiger partial charge in [-0.25, -0.2) is 23.9 Å². The van der Waals surface area contributed by atoms with Gasteiger partial charge in [0.05, 0.1) is 13.1 Å². The first-order valence-corrected chi connectivity index (χ1v) is 14.9. The molecule has 2 amide bonds. The maximum atomic E-state index is 12.9. The summed E-state index contributed by atoms with van der Waals surface area (Å²) >= 11 is 5.95. The van der Waals surface area contributed by atoms with Crippen molar-refractivity contribution in [3.63, 3.8) is 0 Å². The fourth-order valence-electron chi connectivity index (χ4n) is 5.91. The second-order valence-corrected chi connectivity index (χ2v) is 10.8. The van der Waals surface area contributed by atoms with Crippen LogP contribution in [0.4, 0.5) is 16.4 Å². The molecular weight excluding hydrogens is 596 g/mol. The zero-order valence-electron chi connectivity index (χ0n) is 24.7. The highest BCUT2D eigenvalue weighted by atomic mass is 35.5. The van der Waals surface area contributed by atoms with E-state index in [4.69, 9.17) is 32.6 Å². The molecule has 12 nitrogen and oxygen atoms in total. The number of hydroxylamine groups is 1. The van der Waals surface area contributed by atoms with Gasteiger partial charge in [0.15, 0.2) is 39.3 Å². The first-order chi connectivity index (χ1) is 21.8. The van der Waals surface area contributed by atoms with Gasteiger partial charge in [-0.05, 0) is 48.2 Å². The molecule has 0 saturated heterocycles. The molecule has 1 aliphatic rings. The molecule has 0 saturated carbocycles. The number of rotatable bonds is 9. The molecule has 13 heteroatoms. The number of nitrogen functional groups attached to an aromatic ring is 2. The lowest BCUT2D eigenvalue weighted by Gasteiger charge is -2.14. The summed E-state index contributed by atoms with van der Waals surface area (Å²) < 4.78 is 9.71. The number of fused-ring (bicyclic) bond motifs is 4. The second kappa shape index (κ2) is 12.3.